The molecule has 36 heavy (non-hydrogen) atoms. The maximum atomic E-state index is 13.2. The zero-order valence-electron chi connectivity index (χ0n) is 21.0. The van der Waals surface area contributed by atoms with Crippen LogP contribution in [0.1, 0.15) is 72.4 Å². The molecule has 1 aliphatic heterocycles. The number of ether oxygens (including phenoxy) is 1. The summed E-state index contributed by atoms with van der Waals surface area (Å²) in [5.74, 6) is -0.496. The lowest BCUT2D eigenvalue weighted by Crippen LogP contribution is -2.51. The van der Waals surface area contributed by atoms with E-state index < -0.39 is 17.1 Å². The predicted octanol–water partition coefficient (Wildman–Crippen LogP) is 4.73. The highest BCUT2D eigenvalue weighted by atomic mass is 16.6. The fourth-order valence-corrected chi connectivity index (χ4v) is 4.87. The molecule has 2 amide bonds. The zero-order valence-corrected chi connectivity index (χ0v) is 21.0. The molecule has 1 aliphatic rings. The minimum atomic E-state index is -0.991. The lowest BCUT2D eigenvalue weighted by atomic mass is 9.80. The maximum absolute atomic E-state index is 13.2. The lowest BCUT2D eigenvalue weighted by Gasteiger charge is -2.45. The summed E-state index contributed by atoms with van der Waals surface area (Å²) in [5, 5.41) is 10.6. The van der Waals surface area contributed by atoms with Gasteiger partial charge >= 0.3 is 6.09 Å². The molecule has 7 nitrogen and oxygen atoms in total. The SMILES string of the molecule is CC(c1ccc(Cc2ccc(C(N)=O)cn2)cc1)N1CCC(CC(C)(C)O)(c2ccccc2)OC1=O. The summed E-state index contributed by atoms with van der Waals surface area (Å²) < 4.78 is 6.11. The summed E-state index contributed by atoms with van der Waals surface area (Å²) in [6.45, 7) is 5.99. The van der Waals surface area contributed by atoms with Crippen molar-refractivity contribution in [2.75, 3.05) is 6.54 Å². The predicted molar refractivity (Wildman–Crippen MR) is 137 cm³/mol. The van der Waals surface area contributed by atoms with Crippen LogP contribution in [-0.2, 0) is 16.8 Å². The third kappa shape index (κ3) is 5.74. The highest BCUT2D eigenvalue weighted by Crippen LogP contribution is 2.42. The summed E-state index contributed by atoms with van der Waals surface area (Å²) >= 11 is 0. The van der Waals surface area contributed by atoms with Crippen molar-refractivity contribution < 1.29 is 19.4 Å². The van der Waals surface area contributed by atoms with Gasteiger partial charge in [0.05, 0.1) is 17.2 Å². The number of amides is 2. The van der Waals surface area contributed by atoms with Crippen LogP contribution in [0.3, 0.4) is 0 Å². The standard InChI is InChI=1S/C29H33N3O4/c1-20(22-11-9-21(10-12-22)17-25-14-13-23(18-31-25)26(30)33)32-16-15-29(36-27(32)34,19-28(2,3)35)24-7-5-4-6-8-24/h4-14,18,20,35H,15-17,19H2,1-3H3,(H2,30,33). The number of primary amides is 1. The maximum Gasteiger partial charge on any atom is 0.411 e. The number of aromatic nitrogens is 1. The van der Waals surface area contributed by atoms with E-state index in [2.05, 4.69) is 4.98 Å². The van der Waals surface area contributed by atoms with Crippen LogP contribution in [0.4, 0.5) is 4.79 Å². The molecule has 1 fully saturated rings. The number of rotatable bonds is 8. The van der Waals surface area contributed by atoms with Gasteiger partial charge in [0.25, 0.3) is 0 Å². The number of carbonyl (C=O) groups excluding carboxylic acids is 2. The minimum absolute atomic E-state index is 0.171. The number of nitrogens with zero attached hydrogens (tertiary/aromatic N) is 2. The number of hydrogen-bond donors (Lipinski definition) is 2. The van der Waals surface area contributed by atoms with Crippen LogP contribution in [0, 0.1) is 0 Å². The Morgan fingerprint density at radius 2 is 1.83 bits per heavy atom. The highest BCUT2D eigenvalue weighted by molar-refractivity contribution is 5.92. The molecule has 7 heteroatoms. The molecule has 2 atom stereocenters. The summed E-state index contributed by atoms with van der Waals surface area (Å²) in [7, 11) is 0. The molecule has 0 saturated carbocycles. The molecule has 188 valence electrons. The molecule has 0 radical (unpaired) electrons. The Morgan fingerprint density at radius 1 is 1.14 bits per heavy atom. The first-order valence-electron chi connectivity index (χ1n) is 12.2. The van der Waals surface area contributed by atoms with Gasteiger partial charge in [-0.1, -0.05) is 54.6 Å². The lowest BCUT2D eigenvalue weighted by molar-refractivity contribution is -0.101. The van der Waals surface area contributed by atoms with E-state index in [-0.39, 0.29) is 12.1 Å². The second-order valence-corrected chi connectivity index (χ2v) is 10.2. The largest absolute Gasteiger partial charge is 0.438 e. The van der Waals surface area contributed by atoms with Crippen molar-refractivity contribution in [2.24, 2.45) is 5.73 Å². The fourth-order valence-electron chi connectivity index (χ4n) is 4.87. The molecular weight excluding hydrogens is 454 g/mol. The molecule has 4 rings (SSSR count). The van der Waals surface area contributed by atoms with Crippen molar-refractivity contribution in [3.8, 4) is 0 Å². The van der Waals surface area contributed by atoms with E-state index in [1.807, 2.05) is 61.5 Å². The number of hydrogen-bond acceptors (Lipinski definition) is 5. The minimum Gasteiger partial charge on any atom is -0.438 e. The van der Waals surface area contributed by atoms with E-state index >= 15 is 0 Å². The molecule has 3 N–H and O–H groups in total. The third-order valence-corrected chi connectivity index (χ3v) is 6.72. The summed E-state index contributed by atoms with van der Waals surface area (Å²) in [6.07, 6.45) is 2.63. The van der Waals surface area contributed by atoms with E-state index in [0.29, 0.717) is 31.4 Å². The van der Waals surface area contributed by atoms with E-state index in [0.717, 1.165) is 22.4 Å². The molecule has 2 heterocycles. The van der Waals surface area contributed by atoms with Crippen LogP contribution < -0.4 is 5.73 Å². The van der Waals surface area contributed by atoms with Crippen molar-refractivity contribution in [1.82, 2.24) is 9.88 Å². The van der Waals surface area contributed by atoms with Gasteiger partial charge in [-0.25, -0.2) is 4.79 Å². The van der Waals surface area contributed by atoms with Gasteiger partial charge < -0.3 is 20.5 Å². The number of aliphatic hydroxyl groups is 1. The highest BCUT2D eigenvalue weighted by Gasteiger charge is 2.46. The average Bonchev–Trinajstić information content (AvgIpc) is 2.84. The van der Waals surface area contributed by atoms with Gasteiger partial charge in [-0.2, -0.15) is 0 Å². The number of carbonyl (C=O) groups is 2. The molecular formula is C29H33N3O4. The van der Waals surface area contributed by atoms with Crippen LogP contribution in [0.15, 0.2) is 72.9 Å². The van der Waals surface area contributed by atoms with Gasteiger partial charge in [-0.05, 0) is 49.6 Å². The summed E-state index contributed by atoms with van der Waals surface area (Å²) in [6, 6.07) is 21.1. The topological polar surface area (TPSA) is 106 Å². The molecule has 3 aromatic rings. The van der Waals surface area contributed by atoms with Crippen LogP contribution >= 0.6 is 0 Å². The monoisotopic (exact) mass is 487 g/mol. The smallest absolute Gasteiger partial charge is 0.411 e. The summed E-state index contributed by atoms with van der Waals surface area (Å²) in [4.78, 5) is 30.5. The normalized spacial score (nSPS) is 19.0. The molecule has 1 saturated heterocycles. The Labute approximate surface area is 211 Å². The molecule has 0 aliphatic carbocycles. The van der Waals surface area contributed by atoms with Crippen molar-refractivity contribution in [2.45, 2.75) is 57.3 Å². The van der Waals surface area contributed by atoms with Crippen LogP contribution in [0.2, 0.25) is 0 Å². The van der Waals surface area contributed by atoms with Gasteiger partial charge in [-0.15, -0.1) is 0 Å². The Kier molecular flexibility index (Phi) is 7.13. The Morgan fingerprint density at radius 3 is 2.39 bits per heavy atom. The average molecular weight is 488 g/mol. The summed E-state index contributed by atoms with van der Waals surface area (Å²) in [5.41, 5.74) is 7.61. The van der Waals surface area contributed by atoms with Crippen molar-refractivity contribution in [1.29, 1.82) is 0 Å². The van der Waals surface area contributed by atoms with Gasteiger partial charge in [0.15, 0.2) is 0 Å². The third-order valence-electron chi connectivity index (χ3n) is 6.72. The zero-order chi connectivity index (χ0) is 25.9. The second-order valence-electron chi connectivity index (χ2n) is 10.2. The van der Waals surface area contributed by atoms with E-state index in [1.165, 1.54) is 6.20 Å². The quantitative estimate of drug-likeness (QED) is 0.478. The first-order valence-corrected chi connectivity index (χ1v) is 12.2. The molecule has 2 unspecified atom stereocenters. The van der Waals surface area contributed by atoms with Crippen molar-refractivity contribution >= 4 is 12.0 Å². The Balaban J connectivity index is 1.46. The number of benzene rings is 2. The van der Waals surface area contributed by atoms with Gasteiger partial charge in [0.2, 0.25) is 5.91 Å². The van der Waals surface area contributed by atoms with Gasteiger partial charge in [-0.3, -0.25) is 9.78 Å². The van der Waals surface area contributed by atoms with Gasteiger partial charge in [0, 0.05) is 37.7 Å². The molecule has 0 bridgehead atoms. The number of nitrogens with two attached hydrogens (primary N) is 1. The first kappa shape index (κ1) is 25.4. The van der Waals surface area contributed by atoms with Crippen molar-refractivity contribution in [3.63, 3.8) is 0 Å². The Hall–Kier alpha value is -3.71. The second kappa shape index (κ2) is 10.1. The van der Waals surface area contributed by atoms with E-state index in [4.69, 9.17) is 10.5 Å². The number of cyclic esters (lactones) is 1. The molecule has 1 aromatic heterocycles. The van der Waals surface area contributed by atoms with Crippen LogP contribution in [-0.4, -0.2) is 39.1 Å². The molecule has 2 aromatic carbocycles. The first-order chi connectivity index (χ1) is 17.1. The Bertz CT molecular complexity index is 1200. The molecule has 0 spiro atoms. The van der Waals surface area contributed by atoms with Crippen LogP contribution in [0.25, 0.3) is 0 Å². The van der Waals surface area contributed by atoms with Gasteiger partial charge in [0.1, 0.15) is 5.60 Å². The number of pyridine rings is 1. The fraction of sp³-hybridized carbons (Fsp3) is 0.345. The van der Waals surface area contributed by atoms with E-state index in [1.54, 1.807) is 30.9 Å². The van der Waals surface area contributed by atoms with Crippen molar-refractivity contribution in [3.05, 3.63) is 101 Å². The van der Waals surface area contributed by atoms with E-state index in [9.17, 15) is 14.7 Å². The van der Waals surface area contributed by atoms with Crippen LogP contribution in [0.5, 0.6) is 0 Å².